The Morgan fingerprint density at radius 1 is 1.00 bits per heavy atom. The van der Waals surface area contributed by atoms with Gasteiger partial charge in [0.1, 0.15) is 0 Å². The summed E-state index contributed by atoms with van der Waals surface area (Å²) < 4.78 is 0. The molecule has 1 aliphatic rings. The summed E-state index contributed by atoms with van der Waals surface area (Å²) in [5.74, 6) is 0. The maximum atomic E-state index is 3.33. The standard InChI is InChI=1S/C11H10.4Y/c1-8-3-4-10-6-9(2)7-11(10)5-8;;;;/h3-4H,7H2,1-2H3;;;;/q-2;;;;. The fourth-order valence-electron chi connectivity index (χ4n) is 1.45. The van der Waals surface area contributed by atoms with Crippen molar-refractivity contribution >= 4 is 0 Å². The quantitative estimate of drug-likeness (QED) is 0.483. The largest absolute Gasteiger partial charge is 0.301 e. The van der Waals surface area contributed by atoms with Gasteiger partial charge in [0.2, 0.25) is 0 Å². The molecule has 0 bridgehead atoms. The van der Waals surface area contributed by atoms with Crippen molar-refractivity contribution in [3.05, 3.63) is 46.5 Å². The smallest absolute Gasteiger partial charge is 0 e. The Morgan fingerprint density at radius 3 is 2.20 bits per heavy atom. The molecular formula is C11H10Y4-2. The third-order valence-electron chi connectivity index (χ3n) is 1.96. The van der Waals surface area contributed by atoms with Crippen LogP contribution in [0.5, 0.6) is 0 Å². The molecule has 0 atom stereocenters. The van der Waals surface area contributed by atoms with Crippen molar-refractivity contribution in [2.24, 2.45) is 0 Å². The number of hydrogen-bond acceptors (Lipinski definition) is 0. The summed E-state index contributed by atoms with van der Waals surface area (Å²) in [6, 6.07) is 7.55. The van der Waals surface area contributed by atoms with Gasteiger partial charge in [0.15, 0.2) is 0 Å². The van der Waals surface area contributed by atoms with Crippen LogP contribution in [-0.4, -0.2) is 0 Å². The van der Waals surface area contributed by atoms with Crippen molar-refractivity contribution < 1.29 is 131 Å². The van der Waals surface area contributed by atoms with Crippen LogP contribution in [0.1, 0.15) is 23.6 Å². The van der Waals surface area contributed by atoms with Gasteiger partial charge in [-0.25, -0.2) is 18.2 Å². The number of rotatable bonds is 0. The van der Waals surface area contributed by atoms with E-state index in [2.05, 4.69) is 38.1 Å². The van der Waals surface area contributed by atoms with E-state index in [0.717, 1.165) is 6.42 Å². The fourth-order valence-corrected chi connectivity index (χ4v) is 1.45. The molecule has 0 unspecified atom stereocenters. The zero-order valence-electron chi connectivity index (χ0n) is 9.17. The van der Waals surface area contributed by atoms with Gasteiger partial charge in [-0.3, -0.25) is 11.6 Å². The van der Waals surface area contributed by atoms with Crippen molar-refractivity contribution in [3.8, 4) is 0 Å². The summed E-state index contributed by atoms with van der Waals surface area (Å²) in [5.41, 5.74) is 5.08. The molecule has 1 aromatic rings. The van der Waals surface area contributed by atoms with Gasteiger partial charge in [0.25, 0.3) is 0 Å². The molecule has 15 heavy (non-hydrogen) atoms. The molecule has 68 valence electrons. The first-order valence-electron chi connectivity index (χ1n) is 3.87. The number of benzene rings is 1. The minimum Gasteiger partial charge on any atom is -0.301 e. The predicted octanol–water partition coefficient (Wildman–Crippen LogP) is 2.44. The molecule has 0 amide bonds. The minimum absolute atomic E-state index is 0. The first-order chi connectivity index (χ1) is 5.25. The molecule has 0 aromatic heterocycles. The van der Waals surface area contributed by atoms with E-state index in [-0.39, 0.29) is 131 Å². The van der Waals surface area contributed by atoms with Crippen molar-refractivity contribution in [1.29, 1.82) is 0 Å². The molecule has 4 heteroatoms. The fraction of sp³-hybridized carbons (Fsp3) is 0.273. The van der Waals surface area contributed by atoms with E-state index in [1.54, 1.807) is 0 Å². The van der Waals surface area contributed by atoms with E-state index in [0.29, 0.717) is 0 Å². The Kier molecular flexibility index (Phi) is 17.6. The predicted molar refractivity (Wildman–Crippen MR) is 45.3 cm³/mol. The van der Waals surface area contributed by atoms with Gasteiger partial charge in [-0.15, -0.1) is 0 Å². The van der Waals surface area contributed by atoms with Crippen LogP contribution in [0, 0.1) is 19.1 Å². The van der Waals surface area contributed by atoms with Crippen LogP contribution in [0.25, 0.3) is 0 Å². The van der Waals surface area contributed by atoms with Crippen molar-refractivity contribution in [2.75, 3.05) is 0 Å². The number of fused-ring (bicyclic) bond motifs is 1. The number of allylic oxidation sites excluding steroid dienone is 1. The normalized spacial score (nSPS) is 10.7. The van der Waals surface area contributed by atoms with Crippen LogP contribution in [-0.2, 0) is 137 Å². The summed E-state index contributed by atoms with van der Waals surface area (Å²) in [7, 11) is 0. The SMILES string of the molecule is CC1=[C-]c2ccc(C)[c-]c2C1.[Y].[Y].[Y].[Y]. The molecule has 0 N–H and O–H groups in total. The summed E-state index contributed by atoms with van der Waals surface area (Å²) in [5, 5.41) is 0. The molecule has 0 spiro atoms. The van der Waals surface area contributed by atoms with E-state index in [1.165, 1.54) is 22.3 Å². The van der Waals surface area contributed by atoms with Crippen molar-refractivity contribution in [3.63, 3.8) is 0 Å². The van der Waals surface area contributed by atoms with E-state index in [9.17, 15) is 0 Å². The average molecular weight is 498 g/mol. The molecule has 2 rings (SSSR count). The topological polar surface area (TPSA) is 0 Å². The Morgan fingerprint density at radius 2 is 1.60 bits per heavy atom. The first-order valence-corrected chi connectivity index (χ1v) is 3.87. The van der Waals surface area contributed by atoms with Gasteiger partial charge < -0.3 is 5.56 Å². The molecule has 0 fully saturated rings. The molecule has 1 aromatic carbocycles. The van der Waals surface area contributed by atoms with Gasteiger partial charge in [0.05, 0.1) is 0 Å². The Balaban J connectivity index is -0.000000360. The van der Waals surface area contributed by atoms with Gasteiger partial charge in [-0.05, 0) is 0 Å². The van der Waals surface area contributed by atoms with Crippen molar-refractivity contribution in [2.45, 2.75) is 20.3 Å². The second kappa shape index (κ2) is 11.2. The van der Waals surface area contributed by atoms with Crippen LogP contribution in [0.15, 0.2) is 17.7 Å². The zero-order chi connectivity index (χ0) is 7.84. The van der Waals surface area contributed by atoms with Gasteiger partial charge in [0, 0.05) is 131 Å². The summed E-state index contributed by atoms with van der Waals surface area (Å²) >= 11 is 0. The van der Waals surface area contributed by atoms with Crippen LogP contribution in [0.3, 0.4) is 0 Å². The summed E-state index contributed by atoms with van der Waals surface area (Å²) in [4.78, 5) is 0. The van der Waals surface area contributed by atoms with Gasteiger partial charge >= 0.3 is 0 Å². The summed E-state index contributed by atoms with van der Waals surface area (Å²) in [6.45, 7) is 4.19. The maximum Gasteiger partial charge on any atom is 0 e. The third-order valence-corrected chi connectivity index (χ3v) is 1.96. The van der Waals surface area contributed by atoms with E-state index in [4.69, 9.17) is 0 Å². The Hall–Kier alpha value is 3.38. The first kappa shape index (κ1) is 23.5. The number of aryl methyl sites for hydroxylation is 1. The van der Waals surface area contributed by atoms with E-state index >= 15 is 0 Å². The number of hydrogen-bond donors (Lipinski definition) is 0. The van der Waals surface area contributed by atoms with Crippen LogP contribution < -0.4 is 0 Å². The minimum atomic E-state index is 0. The molecule has 0 aliphatic heterocycles. The van der Waals surface area contributed by atoms with Gasteiger partial charge in [-0.2, -0.15) is 11.1 Å². The monoisotopic (exact) mass is 498 g/mol. The van der Waals surface area contributed by atoms with Crippen molar-refractivity contribution in [1.82, 2.24) is 0 Å². The molecule has 4 radical (unpaired) electrons. The average Bonchev–Trinajstić information content (AvgIpc) is 2.27. The molecule has 0 saturated heterocycles. The van der Waals surface area contributed by atoms with Crippen LogP contribution in [0.2, 0.25) is 0 Å². The van der Waals surface area contributed by atoms with Gasteiger partial charge in [-0.1, -0.05) is 20.3 Å². The molecule has 0 heterocycles. The molecule has 0 saturated carbocycles. The van der Waals surface area contributed by atoms with E-state index < -0.39 is 0 Å². The molecular weight excluding hydrogens is 488 g/mol. The Bertz CT molecular complexity index is 331. The van der Waals surface area contributed by atoms with E-state index in [1.807, 2.05) is 0 Å². The molecule has 1 aliphatic carbocycles. The van der Waals surface area contributed by atoms with Crippen LogP contribution >= 0.6 is 0 Å². The second-order valence-corrected chi connectivity index (χ2v) is 3.12. The maximum absolute atomic E-state index is 3.33. The summed E-state index contributed by atoms with van der Waals surface area (Å²) in [6.07, 6.45) is 4.35. The second-order valence-electron chi connectivity index (χ2n) is 3.12. The zero-order valence-corrected chi connectivity index (χ0v) is 20.5. The third kappa shape index (κ3) is 6.91. The molecule has 0 nitrogen and oxygen atoms in total. The van der Waals surface area contributed by atoms with Crippen LogP contribution in [0.4, 0.5) is 0 Å². The Labute approximate surface area is 193 Å².